The predicted molar refractivity (Wildman–Crippen MR) is 123 cm³/mol. The Morgan fingerprint density at radius 1 is 1.16 bits per heavy atom. The van der Waals surface area contributed by atoms with Crippen molar-refractivity contribution in [3.05, 3.63) is 47.5 Å². The lowest BCUT2D eigenvalue weighted by atomic mass is 9.68. The molecule has 6 heteroatoms. The molecule has 1 aliphatic carbocycles. The van der Waals surface area contributed by atoms with Crippen molar-refractivity contribution in [3.63, 3.8) is 0 Å². The van der Waals surface area contributed by atoms with E-state index < -0.39 is 12.0 Å². The Morgan fingerprint density at radius 3 is 2.81 bits per heavy atom. The summed E-state index contributed by atoms with van der Waals surface area (Å²) in [6, 6.07) is 9.84. The molecule has 0 unspecified atom stereocenters. The van der Waals surface area contributed by atoms with Gasteiger partial charge in [0.05, 0.1) is 13.2 Å². The molecule has 4 aliphatic rings. The van der Waals surface area contributed by atoms with Crippen molar-refractivity contribution in [3.8, 4) is 0 Å². The minimum absolute atomic E-state index is 0.133. The molecular weight excluding hydrogens is 402 g/mol. The summed E-state index contributed by atoms with van der Waals surface area (Å²) in [5.74, 6) is 0.739. The van der Waals surface area contributed by atoms with Crippen LogP contribution in [0.15, 0.2) is 42.0 Å². The fourth-order valence-electron chi connectivity index (χ4n) is 6.62. The van der Waals surface area contributed by atoms with E-state index in [0.29, 0.717) is 24.3 Å². The molecule has 1 aromatic carbocycles. The molecule has 0 spiro atoms. The number of fused-ring (bicyclic) bond motifs is 6. The monoisotopic (exact) mass is 437 g/mol. The van der Waals surface area contributed by atoms with E-state index in [1.54, 1.807) is 0 Å². The second kappa shape index (κ2) is 9.26. The summed E-state index contributed by atoms with van der Waals surface area (Å²) >= 11 is 0. The SMILES string of the molecule is COC(=O)[C@@H](Cc1ccccc1)NC(=O)N1CCCC2=C[C@@H]3C[C@H](CN4CCCC[C@H]34)[C@@H]21. The molecule has 5 rings (SSSR count). The number of nitrogens with one attached hydrogen (secondary N) is 1. The van der Waals surface area contributed by atoms with Crippen LogP contribution in [0.25, 0.3) is 0 Å². The van der Waals surface area contributed by atoms with E-state index >= 15 is 0 Å². The Bertz CT molecular complexity index is 870. The first-order valence-electron chi connectivity index (χ1n) is 12.3. The van der Waals surface area contributed by atoms with Gasteiger partial charge < -0.3 is 15.0 Å². The van der Waals surface area contributed by atoms with Gasteiger partial charge in [0, 0.05) is 25.6 Å². The molecule has 1 N–H and O–H groups in total. The van der Waals surface area contributed by atoms with Crippen molar-refractivity contribution in [2.24, 2.45) is 11.8 Å². The molecule has 172 valence electrons. The summed E-state index contributed by atoms with van der Waals surface area (Å²) in [4.78, 5) is 30.7. The predicted octanol–water partition coefficient (Wildman–Crippen LogP) is 3.38. The first-order chi connectivity index (χ1) is 15.6. The minimum atomic E-state index is -0.682. The Labute approximate surface area is 191 Å². The summed E-state index contributed by atoms with van der Waals surface area (Å²) in [7, 11) is 1.38. The highest BCUT2D eigenvalue weighted by molar-refractivity contribution is 5.84. The number of hydrogen-bond donors (Lipinski definition) is 1. The van der Waals surface area contributed by atoms with Crippen LogP contribution in [-0.4, -0.2) is 66.7 Å². The van der Waals surface area contributed by atoms with Crippen LogP contribution in [0.1, 0.15) is 44.1 Å². The van der Waals surface area contributed by atoms with Crippen LogP contribution < -0.4 is 5.32 Å². The van der Waals surface area contributed by atoms with Crippen LogP contribution in [0.4, 0.5) is 4.79 Å². The smallest absolute Gasteiger partial charge is 0.328 e. The molecule has 6 nitrogen and oxygen atoms in total. The van der Waals surface area contributed by atoms with Gasteiger partial charge in [0.2, 0.25) is 0 Å². The van der Waals surface area contributed by atoms with E-state index in [9.17, 15) is 9.59 Å². The zero-order valence-corrected chi connectivity index (χ0v) is 19.0. The fourth-order valence-corrected chi connectivity index (χ4v) is 6.62. The first kappa shape index (κ1) is 21.5. The molecular formula is C26H35N3O3. The van der Waals surface area contributed by atoms with E-state index in [1.807, 2.05) is 35.2 Å². The van der Waals surface area contributed by atoms with E-state index in [1.165, 1.54) is 44.9 Å². The number of urea groups is 1. The summed E-state index contributed by atoms with van der Waals surface area (Å²) < 4.78 is 5.01. The number of hydrogen-bond acceptors (Lipinski definition) is 4. The second-order valence-corrected chi connectivity index (χ2v) is 9.92. The van der Waals surface area contributed by atoms with Crippen molar-refractivity contribution >= 4 is 12.0 Å². The minimum Gasteiger partial charge on any atom is -0.467 e. The van der Waals surface area contributed by atoms with Gasteiger partial charge in [-0.2, -0.15) is 0 Å². The molecule has 3 heterocycles. The zero-order valence-electron chi connectivity index (χ0n) is 19.0. The standard InChI is InChI=1S/C26H35N3O3/c1-32-25(30)22(14-18-8-3-2-4-9-18)27-26(31)29-13-7-10-19-15-20-16-21(24(19)29)17-28-12-6-5-11-23(20)28/h2-4,8-9,15,20-24H,5-7,10-14,16-17H2,1H3,(H,27,31)/t20-,21-,22-,23-,24-/m1/s1. The van der Waals surface area contributed by atoms with E-state index in [-0.39, 0.29) is 12.1 Å². The molecule has 2 bridgehead atoms. The molecule has 2 amide bonds. The molecule has 3 fully saturated rings. The van der Waals surface area contributed by atoms with E-state index in [0.717, 1.165) is 31.5 Å². The highest BCUT2D eigenvalue weighted by Crippen LogP contribution is 2.45. The Hall–Kier alpha value is -2.34. The normalized spacial score (nSPS) is 30.4. The average Bonchev–Trinajstić information content (AvgIpc) is 2.83. The van der Waals surface area contributed by atoms with Crippen molar-refractivity contribution in [2.75, 3.05) is 26.7 Å². The van der Waals surface area contributed by atoms with Crippen LogP contribution in [0.2, 0.25) is 0 Å². The van der Waals surface area contributed by atoms with Gasteiger partial charge in [-0.3, -0.25) is 4.90 Å². The van der Waals surface area contributed by atoms with Gasteiger partial charge in [-0.15, -0.1) is 0 Å². The molecule has 3 aliphatic heterocycles. The maximum Gasteiger partial charge on any atom is 0.328 e. The fraction of sp³-hybridized carbons (Fsp3) is 0.615. The van der Waals surface area contributed by atoms with Crippen molar-refractivity contribution in [1.82, 2.24) is 15.1 Å². The summed E-state index contributed by atoms with van der Waals surface area (Å²) in [6.45, 7) is 3.04. The van der Waals surface area contributed by atoms with Gasteiger partial charge in [0.15, 0.2) is 0 Å². The van der Waals surface area contributed by atoms with Crippen molar-refractivity contribution in [2.45, 2.75) is 63.1 Å². The summed E-state index contributed by atoms with van der Waals surface area (Å²) in [6.07, 6.45) is 10.2. The molecule has 1 aromatic rings. The number of ether oxygens (including phenoxy) is 1. The lowest BCUT2D eigenvalue weighted by Crippen LogP contribution is -2.62. The van der Waals surface area contributed by atoms with E-state index in [2.05, 4.69) is 16.3 Å². The van der Waals surface area contributed by atoms with Crippen LogP contribution in [0, 0.1) is 11.8 Å². The summed E-state index contributed by atoms with van der Waals surface area (Å²) in [5.41, 5.74) is 2.46. The second-order valence-electron chi connectivity index (χ2n) is 9.92. The van der Waals surface area contributed by atoms with Gasteiger partial charge in [-0.25, -0.2) is 9.59 Å². The number of carbonyl (C=O) groups excluding carboxylic acids is 2. The maximum absolute atomic E-state index is 13.5. The number of esters is 1. The molecule has 5 atom stereocenters. The molecule has 3 saturated heterocycles. The first-order valence-corrected chi connectivity index (χ1v) is 12.3. The number of carbonyl (C=O) groups is 2. The molecule has 0 radical (unpaired) electrons. The lowest BCUT2D eigenvalue weighted by molar-refractivity contribution is -0.142. The number of methoxy groups -OCH3 is 1. The number of rotatable bonds is 4. The van der Waals surface area contributed by atoms with Crippen LogP contribution >= 0.6 is 0 Å². The lowest BCUT2D eigenvalue weighted by Gasteiger charge is -2.54. The topological polar surface area (TPSA) is 61.9 Å². The van der Waals surface area contributed by atoms with Crippen LogP contribution in [0.3, 0.4) is 0 Å². The average molecular weight is 438 g/mol. The van der Waals surface area contributed by atoms with Gasteiger partial charge in [-0.1, -0.05) is 48.4 Å². The maximum atomic E-state index is 13.5. The van der Waals surface area contributed by atoms with Crippen molar-refractivity contribution in [1.29, 1.82) is 0 Å². The van der Waals surface area contributed by atoms with Gasteiger partial charge in [0.1, 0.15) is 6.04 Å². The van der Waals surface area contributed by atoms with Gasteiger partial charge >= 0.3 is 12.0 Å². The highest BCUT2D eigenvalue weighted by atomic mass is 16.5. The number of piperidine rings is 3. The third-order valence-corrected chi connectivity index (χ3v) is 7.98. The zero-order chi connectivity index (χ0) is 22.1. The molecule has 0 saturated carbocycles. The number of benzene rings is 1. The third kappa shape index (κ3) is 4.17. The van der Waals surface area contributed by atoms with Crippen molar-refractivity contribution < 1.29 is 14.3 Å². The number of likely N-dealkylation sites (tertiary alicyclic amines) is 1. The third-order valence-electron chi connectivity index (χ3n) is 7.98. The van der Waals surface area contributed by atoms with Gasteiger partial charge in [0.25, 0.3) is 0 Å². The molecule has 0 aromatic heterocycles. The van der Waals surface area contributed by atoms with Gasteiger partial charge in [-0.05, 0) is 56.0 Å². The summed E-state index contributed by atoms with van der Waals surface area (Å²) in [5, 5.41) is 3.02. The van der Waals surface area contributed by atoms with Crippen LogP contribution in [-0.2, 0) is 16.0 Å². The Balaban J connectivity index is 1.34. The number of nitrogens with zero attached hydrogens (tertiary/aromatic N) is 2. The Morgan fingerprint density at radius 2 is 2.00 bits per heavy atom. The van der Waals surface area contributed by atoms with Crippen LogP contribution in [0.5, 0.6) is 0 Å². The Kier molecular flexibility index (Phi) is 6.22. The number of amides is 2. The molecule has 32 heavy (non-hydrogen) atoms. The largest absolute Gasteiger partial charge is 0.467 e. The quantitative estimate of drug-likeness (QED) is 0.580. The van der Waals surface area contributed by atoms with E-state index in [4.69, 9.17) is 4.74 Å². The highest BCUT2D eigenvalue weighted by Gasteiger charge is 2.47.